The van der Waals surface area contributed by atoms with Crippen LogP contribution in [0.15, 0.2) is 0 Å². The number of hydrogen-bond acceptors (Lipinski definition) is 1. The molecule has 0 bridgehead atoms. The van der Waals surface area contributed by atoms with Gasteiger partial charge in [0, 0.05) is 0 Å². The lowest BCUT2D eigenvalue weighted by molar-refractivity contribution is -0.129. The first-order valence-corrected chi connectivity index (χ1v) is 11.6. The second-order valence-corrected chi connectivity index (χ2v) is 11.1. The monoisotopic (exact) mass is 346 g/mol. The minimum atomic E-state index is -0.00534. The summed E-state index contributed by atoms with van der Waals surface area (Å²) in [5.41, 5.74) is 1.17. The molecule has 0 aliphatic heterocycles. The summed E-state index contributed by atoms with van der Waals surface area (Å²) in [7, 11) is 0. The van der Waals surface area contributed by atoms with Crippen molar-refractivity contribution in [3.63, 3.8) is 0 Å². The molecule has 0 saturated heterocycles. The molecule has 1 nitrogen and oxygen atoms in total. The molecule has 4 aliphatic carbocycles. The molecule has 1 heteroatoms. The van der Waals surface area contributed by atoms with Crippen LogP contribution >= 0.6 is 0 Å². The molecule has 4 saturated carbocycles. The molecular weight excluding hydrogens is 304 g/mol. The van der Waals surface area contributed by atoms with Gasteiger partial charge in [0.05, 0.1) is 6.10 Å². The van der Waals surface area contributed by atoms with Crippen molar-refractivity contribution in [2.45, 2.75) is 104 Å². The van der Waals surface area contributed by atoms with E-state index >= 15 is 0 Å². The second-order valence-electron chi connectivity index (χ2n) is 11.1. The average molecular weight is 347 g/mol. The summed E-state index contributed by atoms with van der Waals surface area (Å²) in [6, 6.07) is 0. The molecule has 0 heterocycles. The summed E-state index contributed by atoms with van der Waals surface area (Å²) in [6.07, 6.45) is 15.1. The van der Waals surface area contributed by atoms with E-state index in [1.807, 2.05) is 0 Å². The van der Waals surface area contributed by atoms with Crippen LogP contribution in [-0.4, -0.2) is 11.2 Å². The van der Waals surface area contributed by atoms with Gasteiger partial charge >= 0.3 is 0 Å². The van der Waals surface area contributed by atoms with Crippen LogP contribution in [0, 0.1) is 46.3 Å². The molecule has 1 N–H and O–H groups in total. The third-order valence-electron chi connectivity index (χ3n) is 10.1. The lowest BCUT2D eigenvalue weighted by Gasteiger charge is -2.61. The smallest absolute Gasteiger partial charge is 0.0543 e. The van der Waals surface area contributed by atoms with Gasteiger partial charge in [0.25, 0.3) is 0 Å². The summed E-state index contributed by atoms with van der Waals surface area (Å²) in [4.78, 5) is 0. The zero-order valence-electron chi connectivity index (χ0n) is 17.3. The van der Waals surface area contributed by atoms with Crippen molar-refractivity contribution >= 4 is 0 Å². The molecule has 0 aromatic rings. The van der Waals surface area contributed by atoms with Gasteiger partial charge in [-0.3, -0.25) is 0 Å². The van der Waals surface area contributed by atoms with Gasteiger partial charge in [0.1, 0.15) is 0 Å². The maximum Gasteiger partial charge on any atom is 0.0543 e. The maximum atomic E-state index is 10.2. The highest BCUT2D eigenvalue weighted by molar-refractivity contribution is 5.09. The quantitative estimate of drug-likeness (QED) is 0.623. The van der Waals surface area contributed by atoms with Gasteiger partial charge in [-0.15, -0.1) is 0 Å². The molecule has 0 aromatic heterocycles. The zero-order chi connectivity index (χ0) is 17.8. The van der Waals surface area contributed by atoms with E-state index in [1.54, 1.807) is 0 Å². The summed E-state index contributed by atoms with van der Waals surface area (Å²) < 4.78 is 0. The van der Waals surface area contributed by atoms with Crippen LogP contribution in [0.1, 0.15) is 98.3 Å². The topological polar surface area (TPSA) is 20.2 Å². The Morgan fingerprint density at radius 3 is 2.40 bits per heavy atom. The van der Waals surface area contributed by atoms with E-state index in [1.165, 1.54) is 57.8 Å². The fraction of sp³-hybridized carbons (Fsp3) is 1.00. The van der Waals surface area contributed by atoms with E-state index in [9.17, 15) is 5.11 Å². The number of aliphatic hydroxyl groups excluding tert-OH is 1. The van der Waals surface area contributed by atoms with E-state index in [0.717, 1.165) is 48.3 Å². The fourth-order valence-electron chi connectivity index (χ4n) is 8.87. The zero-order valence-corrected chi connectivity index (χ0v) is 17.3. The highest BCUT2D eigenvalue weighted by Gasteiger charge is 2.60. The van der Waals surface area contributed by atoms with Crippen molar-refractivity contribution < 1.29 is 5.11 Å². The predicted octanol–water partition coefficient (Wildman–Crippen LogP) is 6.44. The van der Waals surface area contributed by atoms with Crippen molar-refractivity contribution in [3.8, 4) is 0 Å². The van der Waals surface area contributed by atoms with Crippen molar-refractivity contribution in [2.24, 2.45) is 46.3 Å². The molecule has 4 aliphatic rings. The summed E-state index contributed by atoms with van der Waals surface area (Å²) in [5.74, 6) is 5.66. The maximum absolute atomic E-state index is 10.2. The van der Waals surface area contributed by atoms with Crippen LogP contribution in [0.5, 0.6) is 0 Å². The molecule has 4 fully saturated rings. The normalized spacial score (nSPS) is 53.6. The Balaban J connectivity index is 1.56. The van der Waals surface area contributed by atoms with Crippen LogP contribution in [0.2, 0.25) is 0 Å². The highest BCUT2D eigenvalue weighted by Crippen LogP contribution is 2.68. The Morgan fingerprint density at radius 2 is 1.64 bits per heavy atom. The van der Waals surface area contributed by atoms with E-state index in [-0.39, 0.29) is 6.10 Å². The Labute approximate surface area is 156 Å². The van der Waals surface area contributed by atoms with E-state index in [0.29, 0.717) is 10.8 Å². The first-order valence-electron chi connectivity index (χ1n) is 11.6. The van der Waals surface area contributed by atoms with E-state index < -0.39 is 0 Å². The van der Waals surface area contributed by atoms with Crippen LogP contribution in [0.25, 0.3) is 0 Å². The summed E-state index contributed by atoms with van der Waals surface area (Å²) in [5, 5.41) is 10.2. The molecular formula is C24H42O. The van der Waals surface area contributed by atoms with Crippen molar-refractivity contribution in [1.82, 2.24) is 0 Å². The Hall–Kier alpha value is -0.0400. The third-order valence-corrected chi connectivity index (χ3v) is 10.1. The first kappa shape index (κ1) is 18.3. The Bertz CT molecular complexity index is 486. The largest absolute Gasteiger partial charge is 0.393 e. The lowest BCUT2D eigenvalue weighted by Crippen LogP contribution is -2.54. The van der Waals surface area contributed by atoms with Crippen molar-refractivity contribution in [1.29, 1.82) is 0 Å². The van der Waals surface area contributed by atoms with Crippen molar-refractivity contribution in [3.05, 3.63) is 0 Å². The minimum Gasteiger partial charge on any atom is -0.393 e. The highest BCUT2D eigenvalue weighted by atomic mass is 16.3. The molecule has 0 spiro atoms. The molecule has 0 amide bonds. The third kappa shape index (κ3) is 2.74. The van der Waals surface area contributed by atoms with Gasteiger partial charge in [0.15, 0.2) is 0 Å². The van der Waals surface area contributed by atoms with Crippen LogP contribution in [-0.2, 0) is 0 Å². The molecule has 1 unspecified atom stereocenters. The fourth-order valence-corrected chi connectivity index (χ4v) is 8.87. The van der Waals surface area contributed by atoms with E-state index in [2.05, 4.69) is 27.7 Å². The van der Waals surface area contributed by atoms with Gasteiger partial charge in [0.2, 0.25) is 0 Å². The van der Waals surface area contributed by atoms with Gasteiger partial charge in [-0.05, 0) is 104 Å². The Kier molecular flexibility index (Phi) is 4.79. The standard InChI is InChI=1S/C24H42O/c1-5-6-16(2)20-9-10-21-19-8-7-17-15-18(25)11-13-23(17,3)22(19)12-14-24(20,21)4/h16-22,25H,5-15H2,1-4H3/t16-,17-,18?,19+,20-,21+,22+,23+,24-/m1/s1. The van der Waals surface area contributed by atoms with Gasteiger partial charge in [-0.25, -0.2) is 0 Å². The van der Waals surface area contributed by atoms with Gasteiger partial charge < -0.3 is 5.11 Å². The SMILES string of the molecule is CCC[C@@H](C)[C@H]1CC[C@H]2[C@@H]3CC[C@@H]4CC(O)CC[C@]4(C)[C@H]3CC[C@]12C. The number of aliphatic hydroxyl groups is 1. The molecule has 0 aromatic carbocycles. The first-order chi connectivity index (χ1) is 11.9. The molecule has 25 heavy (non-hydrogen) atoms. The summed E-state index contributed by atoms with van der Waals surface area (Å²) >= 11 is 0. The number of fused-ring (bicyclic) bond motifs is 5. The second kappa shape index (κ2) is 6.54. The lowest BCUT2D eigenvalue weighted by atomic mass is 9.44. The molecule has 9 atom stereocenters. The molecule has 4 rings (SSSR count). The number of rotatable bonds is 3. The number of hydrogen-bond donors (Lipinski definition) is 1. The average Bonchev–Trinajstić information content (AvgIpc) is 2.93. The molecule has 144 valence electrons. The van der Waals surface area contributed by atoms with E-state index in [4.69, 9.17) is 0 Å². The van der Waals surface area contributed by atoms with Crippen LogP contribution in [0.3, 0.4) is 0 Å². The van der Waals surface area contributed by atoms with Gasteiger partial charge in [-0.1, -0.05) is 40.5 Å². The minimum absolute atomic E-state index is 0.00534. The summed E-state index contributed by atoms with van der Waals surface area (Å²) in [6.45, 7) is 10.2. The van der Waals surface area contributed by atoms with Crippen LogP contribution in [0.4, 0.5) is 0 Å². The van der Waals surface area contributed by atoms with Gasteiger partial charge in [-0.2, -0.15) is 0 Å². The Morgan fingerprint density at radius 1 is 0.920 bits per heavy atom. The predicted molar refractivity (Wildman–Crippen MR) is 105 cm³/mol. The van der Waals surface area contributed by atoms with Crippen molar-refractivity contribution in [2.75, 3.05) is 0 Å². The van der Waals surface area contributed by atoms with Crippen LogP contribution < -0.4 is 0 Å². The molecule has 0 radical (unpaired) electrons.